The average molecular weight is 574 g/mol. The van der Waals surface area contributed by atoms with Crippen molar-refractivity contribution in [3.8, 4) is 22.9 Å². The lowest BCUT2D eigenvalue weighted by molar-refractivity contribution is 0.0574. The van der Waals surface area contributed by atoms with Gasteiger partial charge in [-0.2, -0.15) is 0 Å². The van der Waals surface area contributed by atoms with Gasteiger partial charge in [-0.3, -0.25) is 4.90 Å². The lowest BCUT2D eigenvalue weighted by Crippen LogP contribution is -2.50. The number of aryl methyl sites for hydroxylation is 1. The highest BCUT2D eigenvalue weighted by molar-refractivity contribution is 6.17. The summed E-state index contributed by atoms with van der Waals surface area (Å²) in [6.45, 7) is 8.06. The molecular formula is C28H30ClF2N5O4. The molecule has 2 aliphatic rings. The summed E-state index contributed by atoms with van der Waals surface area (Å²) in [5.41, 5.74) is 2.04. The molecule has 0 bridgehead atoms. The molecule has 12 heteroatoms. The zero-order valence-corrected chi connectivity index (χ0v) is 23.6. The van der Waals surface area contributed by atoms with Crippen molar-refractivity contribution in [3.05, 3.63) is 53.2 Å². The summed E-state index contributed by atoms with van der Waals surface area (Å²) in [6.07, 6.45) is 1.48. The van der Waals surface area contributed by atoms with Crippen LogP contribution in [-0.4, -0.2) is 59.2 Å². The number of methoxy groups -OCH3 is 1. The number of alkyl halides is 1. The second-order valence-corrected chi connectivity index (χ2v) is 11.1. The Morgan fingerprint density at radius 2 is 1.93 bits per heavy atom. The van der Waals surface area contributed by atoms with E-state index in [1.165, 1.54) is 12.0 Å². The summed E-state index contributed by atoms with van der Waals surface area (Å²) in [5.74, 6) is -0.669. The number of rotatable bonds is 5. The van der Waals surface area contributed by atoms with Crippen molar-refractivity contribution in [1.82, 2.24) is 15.2 Å². The van der Waals surface area contributed by atoms with Gasteiger partial charge >= 0.3 is 6.09 Å². The lowest BCUT2D eigenvalue weighted by Gasteiger charge is -2.39. The molecule has 212 valence electrons. The molecule has 4 heterocycles. The molecule has 2 aliphatic heterocycles. The van der Waals surface area contributed by atoms with Crippen LogP contribution in [0.2, 0.25) is 0 Å². The molecule has 1 saturated heterocycles. The molecule has 0 radical (unpaired) electrons. The van der Waals surface area contributed by atoms with Crippen molar-refractivity contribution in [3.63, 3.8) is 0 Å². The molecule has 0 spiro atoms. The molecule has 1 amide bonds. The first-order valence-electron chi connectivity index (χ1n) is 12.8. The highest BCUT2D eigenvalue weighted by atomic mass is 35.5. The van der Waals surface area contributed by atoms with Crippen LogP contribution in [0.5, 0.6) is 11.6 Å². The van der Waals surface area contributed by atoms with Crippen molar-refractivity contribution in [2.45, 2.75) is 57.7 Å². The molecule has 0 aliphatic carbocycles. The molecule has 2 atom stereocenters. The summed E-state index contributed by atoms with van der Waals surface area (Å²) in [5, 5.41) is 8.55. The Labute approximate surface area is 236 Å². The van der Waals surface area contributed by atoms with Crippen LogP contribution in [0.1, 0.15) is 38.3 Å². The fourth-order valence-corrected chi connectivity index (χ4v) is 5.28. The summed E-state index contributed by atoms with van der Waals surface area (Å²) in [7, 11) is 1.30. The molecular weight excluding hydrogens is 544 g/mol. The van der Waals surface area contributed by atoms with Crippen LogP contribution in [0.15, 0.2) is 30.5 Å². The van der Waals surface area contributed by atoms with Gasteiger partial charge in [-0.1, -0.05) is 0 Å². The second-order valence-electron chi connectivity index (χ2n) is 10.9. The monoisotopic (exact) mass is 573 g/mol. The zero-order chi connectivity index (χ0) is 28.8. The predicted molar refractivity (Wildman–Crippen MR) is 146 cm³/mol. The third-order valence-corrected chi connectivity index (χ3v) is 7.11. The summed E-state index contributed by atoms with van der Waals surface area (Å²) < 4.78 is 45.8. The molecule has 1 aromatic carbocycles. The number of ether oxygens (including phenoxy) is 3. The molecule has 40 heavy (non-hydrogen) atoms. The Bertz CT molecular complexity index is 1450. The number of nitrogens with zero attached hydrogens (tertiary/aromatic N) is 5. The van der Waals surface area contributed by atoms with Crippen LogP contribution in [0.3, 0.4) is 0 Å². The van der Waals surface area contributed by atoms with E-state index < -0.39 is 23.3 Å². The zero-order valence-electron chi connectivity index (χ0n) is 22.9. The van der Waals surface area contributed by atoms with E-state index in [1.54, 1.807) is 33.0 Å². The van der Waals surface area contributed by atoms with Crippen LogP contribution < -0.4 is 19.3 Å². The van der Waals surface area contributed by atoms with Crippen LogP contribution in [0.25, 0.3) is 11.3 Å². The van der Waals surface area contributed by atoms with Gasteiger partial charge in [0.25, 0.3) is 0 Å². The van der Waals surface area contributed by atoms with Gasteiger partial charge in [0.15, 0.2) is 17.4 Å². The van der Waals surface area contributed by atoms with E-state index in [-0.39, 0.29) is 35.0 Å². The minimum absolute atomic E-state index is 0.104. The third kappa shape index (κ3) is 5.47. The first-order valence-corrected chi connectivity index (χ1v) is 13.4. The van der Waals surface area contributed by atoms with E-state index in [1.807, 2.05) is 13.0 Å². The van der Waals surface area contributed by atoms with Crippen molar-refractivity contribution in [1.29, 1.82) is 0 Å². The summed E-state index contributed by atoms with van der Waals surface area (Å²) in [6, 6.07) is 5.24. The highest BCUT2D eigenvalue weighted by Crippen LogP contribution is 2.42. The van der Waals surface area contributed by atoms with Gasteiger partial charge in [0.05, 0.1) is 43.2 Å². The number of hydrogen-bond acceptors (Lipinski definition) is 8. The van der Waals surface area contributed by atoms with Crippen LogP contribution in [0, 0.1) is 18.6 Å². The first-order chi connectivity index (χ1) is 19.0. The highest BCUT2D eigenvalue weighted by Gasteiger charge is 2.43. The normalized spacial score (nSPS) is 18.3. The van der Waals surface area contributed by atoms with Crippen molar-refractivity contribution in [2.75, 3.05) is 30.0 Å². The van der Waals surface area contributed by atoms with Gasteiger partial charge in [0.1, 0.15) is 17.5 Å². The minimum atomic E-state index is -0.858. The van der Waals surface area contributed by atoms with E-state index in [0.717, 1.165) is 23.3 Å². The smallest absolute Gasteiger partial charge is 0.416 e. The topological polar surface area (TPSA) is 89.9 Å². The number of carbonyl (C=O) groups excluding carboxylic acids is 1. The molecule has 0 saturated carbocycles. The van der Waals surface area contributed by atoms with Gasteiger partial charge in [0, 0.05) is 30.6 Å². The lowest BCUT2D eigenvalue weighted by atomic mass is 10.1. The van der Waals surface area contributed by atoms with E-state index in [4.69, 9.17) is 25.8 Å². The Balaban J connectivity index is 1.52. The number of halogens is 3. The van der Waals surface area contributed by atoms with E-state index in [2.05, 4.69) is 20.1 Å². The van der Waals surface area contributed by atoms with E-state index >= 15 is 0 Å². The maximum atomic E-state index is 14.5. The van der Waals surface area contributed by atoms with Gasteiger partial charge in [-0.25, -0.2) is 18.6 Å². The van der Waals surface area contributed by atoms with E-state index in [9.17, 15) is 13.6 Å². The van der Waals surface area contributed by atoms with Crippen LogP contribution >= 0.6 is 11.6 Å². The van der Waals surface area contributed by atoms with Gasteiger partial charge in [-0.05, 0) is 51.0 Å². The van der Waals surface area contributed by atoms with Crippen LogP contribution in [0.4, 0.5) is 25.1 Å². The number of fused-ring (bicyclic) bond motifs is 3. The van der Waals surface area contributed by atoms with Gasteiger partial charge in [-0.15, -0.1) is 21.8 Å². The molecule has 0 N–H and O–H groups in total. The molecule has 3 aromatic rings. The Hall–Kier alpha value is -3.73. The number of pyridine rings is 1. The maximum absolute atomic E-state index is 14.5. The molecule has 0 unspecified atom stereocenters. The Morgan fingerprint density at radius 1 is 1.15 bits per heavy atom. The van der Waals surface area contributed by atoms with Crippen molar-refractivity contribution >= 4 is 29.2 Å². The molecule has 9 nitrogen and oxygen atoms in total. The number of amides is 1. The molecule has 1 fully saturated rings. The van der Waals surface area contributed by atoms with Crippen molar-refractivity contribution in [2.24, 2.45) is 0 Å². The second kappa shape index (κ2) is 10.7. The van der Waals surface area contributed by atoms with Crippen LogP contribution in [-0.2, 0) is 10.6 Å². The largest absolute Gasteiger partial charge is 0.493 e. The molecule has 5 rings (SSSR count). The number of anilines is 2. The fourth-order valence-electron chi connectivity index (χ4n) is 5.00. The SMILES string of the molecule is COc1c(F)cc(F)cc1-c1cc2c(nn1)N(C(=O)OC(C)(C)C)C[C@H]1C[C@@H](Oc3cc(C)c(CCl)cn3)CN21. The number of carbonyl (C=O) groups is 1. The number of hydrogen-bond donors (Lipinski definition) is 0. The summed E-state index contributed by atoms with van der Waals surface area (Å²) in [4.78, 5) is 21.1. The number of benzene rings is 1. The van der Waals surface area contributed by atoms with Gasteiger partial charge < -0.3 is 19.1 Å². The number of aromatic nitrogens is 3. The standard InChI is InChI=1S/C28H30ClF2N5O4/c1-15-6-24(32-12-16(15)11-29)39-19-9-18-13-36(27(37)40-28(2,3)4)26-23(35(18)14-19)10-22(33-34-26)20-7-17(30)8-21(31)25(20)38-5/h6-8,10,12,18-19H,9,11,13-14H2,1-5H3/t18-,19-/m1/s1. The van der Waals surface area contributed by atoms with Gasteiger partial charge in [0.2, 0.25) is 5.88 Å². The first kappa shape index (κ1) is 27.8. The predicted octanol–water partition coefficient (Wildman–Crippen LogP) is 5.65. The Kier molecular flexibility index (Phi) is 7.43. The molecule has 2 aromatic heterocycles. The van der Waals surface area contributed by atoms with E-state index in [0.29, 0.717) is 37.0 Å². The average Bonchev–Trinajstić information content (AvgIpc) is 3.29. The third-order valence-electron chi connectivity index (χ3n) is 6.82. The summed E-state index contributed by atoms with van der Waals surface area (Å²) >= 11 is 5.97. The fraction of sp³-hybridized carbons (Fsp3) is 0.429. The minimum Gasteiger partial charge on any atom is -0.493 e. The maximum Gasteiger partial charge on any atom is 0.416 e. The van der Waals surface area contributed by atoms with Crippen molar-refractivity contribution < 1.29 is 27.8 Å². The quantitative estimate of drug-likeness (QED) is 0.362. The Morgan fingerprint density at radius 3 is 2.60 bits per heavy atom.